The van der Waals surface area contributed by atoms with Crippen LogP contribution in [0.25, 0.3) is 0 Å². The molecular formula is C12H6Br2O2. The monoisotopic (exact) mass is 340 g/mol. The van der Waals surface area contributed by atoms with Crippen molar-refractivity contribution in [3.8, 4) is 23.0 Å². The summed E-state index contributed by atoms with van der Waals surface area (Å²) >= 11 is 6.87. The summed E-state index contributed by atoms with van der Waals surface area (Å²) in [5, 5.41) is 0. The topological polar surface area (TPSA) is 18.5 Å². The van der Waals surface area contributed by atoms with Crippen LogP contribution >= 0.6 is 31.9 Å². The van der Waals surface area contributed by atoms with Crippen LogP contribution in [-0.2, 0) is 0 Å². The second-order valence-corrected chi connectivity index (χ2v) is 5.14. The molecule has 4 heteroatoms. The second-order valence-electron chi connectivity index (χ2n) is 3.37. The van der Waals surface area contributed by atoms with Gasteiger partial charge in [0.2, 0.25) is 0 Å². The van der Waals surface area contributed by atoms with Gasteiger partial charge < -0.3 is 9.47 Å². The fourth-order valence-corrected chi connectivity index (χ4v) is 2.83. The maximum absolute atomic E-state index is 5.77. The number of ether oxygens (including phenoxy) is 2. The van der Waals surface area contributed by atoms with Crippen molar-refractivity contribution in [3.63, 3.8) is 0 Å². The number of rotatable bonds is 0. The molecule has 2 aromatic rings. The third-order valence-corrected chi connectivity index (χ3v) is 3.30. The molecule has 0 saturated carbocycles. The molecule has 16 heavy (non-hydrogen) atoms. The summed E-state index contributed by atoms with van der Waals surface area (Å²) in [4.78, 5) is 0. The molecule has 0 aromatic heterocycles. The number of para-hydroxylation sites is 2. The molecule has 0 unspecified atom stereocenters. The Morgan fingerprint density at radius 2 is 1.50 bits per heavy atom. The molecule has 0 amide bonds. The minimum Gasteiger partial charge on any atom is -0.449 e. The van der Waals surface area contributed by atoms with Gasteiger partial charge in [0.15, 0.2) is 23.0 Å². The average Bonchev–Trinajstić information content (AvgIpc) is 2.27. The quantitative estimate of drug-likeness (QED) is 0.565. The van der Waals surface area contributed by atoms with Gasteiger partial charge in [-0.05, 0) is 40.2 Å². The first-order valence-electron chi connectivity index (χ1n) is 4.68. The SMILES string of the molecule is Brc1cc(Br)c2c(c1)Oc1ccccc1O2. The van der Waals surface area contributed by atoms with Gasteiger partial charge in [-0.3, -0.25) is 0 Å². The Morgan fingerprint density at radius 3 is 2.25 bits per heavy atom. The molecule has 0 atom stereocenters. The van der Waals surface area contributed by atoms with Crippen molar-refractivity contribution < 1.29 is 9.47 Å². The standard InChI is InChI=1S/C12H6Br2O2/c13-7-5-8(14)12-11(6-7)15-9-3-1-2-4-10(9)16-12/h1-6H. The van der Waals surface area contributed by atoms with E-state index in [-0.39, 0.29) is 0 Å². The van der Waals surface area contributed by atoms with E-state index in [1.165, 1.54) is 0 Å². The van der Waals surface area contributed by atoms with Crippen LogP contribution in [0.2, 0.25) is 0 Å². The van der Waals surface area contributed by atoms with Gasteiger partial charge in [-0.25, -0.2) is 0 Å². The van der Waals surface area contributed by atoms with Gasteiger partial charge >= 0.3 is 0 Å². The molecule has 1 heterocycles. The lowest BCUT2D eigenvalue weighted by atomic mass is 10.2. The number of benzene rings is 2. The Hall–Kier alpha value is -1.00. The maximum atomic E-state index is 5.77. The molecule has 1 aliphatic heterocycles. The Morgan fingerprint density at radius 1 is 0.812 bits per heavy atom. The molecule has 3 rings (SSSR count). The van der Waals surface area contributed by atoms with E-state index in [9.17, 15) is 0 Å². The predicted molar refractivity (Wildman–Crippen MR) is 68.4 cm³/mol. The van der Waals surface area contributed by atoms with Crippen molar-refractivity contribution in [3.05, 3.63) is 45.3 Å². The molecule has 1 aliphatic rings. The van der Waals surface area contributed by atoms with Gasteiger partial charge in [0.05, 0.1) is 4.47 Å². The molecule has 0 saturated heterocycles. The van der Waals surface area contributed by atoms with Crippen molar-refractivity contribution in [2.75, 3.05) is 0 Å². The zero-order valence-electron chi connectivity index (χ0n) is 8.04. The second kappa shape index (κ2) is 3.79. The molecule has 0 N–H and O–H groups in total. The smallest absolute Gasteiger partial charge is 0.184 e. The lowest BCUT2D eigenvalue weighted by Gasteiger charge is -2.21. The highest BCUT2D eigenvalue weighted by Gasteiger charge is 2.20. The van der Waals surface area contributed by atoms with Crippen molar-refractivity contribution in [1.82, 2.24) is 0 Å². The normalized spacial score (nSPS) is 12.1. The summed E-state index contributed by atoms with van der Waals surface area (Å²) in [5.41, 5.74) is 0. The Kier molecular flexibility index (Phi) is 2.41. The molecule has 80 valence electrons. The highest BCUT2D eigenvalue weighted by Crippen LogP contribution is 2.49. The van der Waals surface area contributed by atoms with Gasteiger partial charge in [0.1, 0.15) is 0 Å². The number of hydrogen-bond acceptors (Lipinski definition) is 2. The first kappa shape index (κ1) is 10.2. The fraction of sp³-hybridized carbons (Fsp3) is 0. The van der Waals surface area contributed by atoms with E-state index in [0.717, 1.165) is 20.4 Å². The highest BCUT2D eigenvalue weighted by molar-refractivity contribution is 9.11. The van der Waals surface area contributed by atoms with Crippen LogP contribution in [-0.4, -0.2) is 0 Å². The summed E-state index contributed by atoms with van der Waals surface area (Å²) in [5.74, 6) is 2.89. The Bertz CT molecular complexity index is 567. The predicted octanol–water partition coefficient (Wildman–Crippen LogP) is 5.11. The van der Waals surface area contributed by atoms with Crippen LogP contribution in [0.3, 0.4) is 0 Å². The third kappa shape index (κ3) is 1.62. The van der Waals surface area contributed by atoms with Crippen LogP contribution in [0, 0.1) is 0 Å². The molecule has 2 aromatic carbocycles. The van der Waals surface area contributed by atoms with Crippen molar-refractivity contribution >= 4 is 31.9 Å². The summed E-state index contributed by atoms with van der Waals surface area (Å²) in [7, 11) is 0. The number of halogens is 2. The van der Waals surface area contributed by atoms with Crippen LogP contribution in [0.4, 0.5) is 0 Å². The van der Waals surface area contributed by atoms with Crippen LogP contribution < -0.4 is 9.47 Å². The van der Waals surface area contributed by atoms with Crippen LogP contribution in [0.15, 0.2) is 45.3 Å². The maximum Gasteiger partial charge on any atom is 0.184 e. The Balaban J connectivity index is 2.15. The van der Waals surface area contributed by atoms with E-state index in [1.807, 2.05) is 36.4 Å². The molecule has 2 nitrogen and oxygen atoms in total. The summed E-state index contributed by atoms with van der Waals surface area (Å²) in [6.07, 6.45) is 0. The minimum absolute atomic E-state index is 0.708. The van der Waals surface area contributed by atoms with Crippen molar-refractivity contribution in [2.45, 2.75) is 0 Å². The van der Waals surface area contributed by atoms with Crippen molar-refractivity contribution in [1.29, 1.82) is 0 Å². The van der Waals surface area contributed by atoms with Gasteiger partial charge in [0, 0.05) is 4.47 Å². The summed E-state index contributed by atoms with van der Waals surface area (Å²) in [6, 6.07) is 11.4. The number of fused-ring (bicyclic) bond motifs is 2. The highest BCUT2D eigenvalue weighted by atomic mass is 79.9. The van der Waals surface area contributed by atoms with E-state index < -0.39 is 0 Å². The van der Waals surface area contributed by atoms with Gasteiger partial charge in [-0.15, -0.1) is 0 Å². The van der Waals surface area contributed by atoms with Gasteiger partial charge in [0.25, 0.3) is 0 Å². The van der Waals surface area contributed by atoms with Crippen molar-refractivity contribution in [2.24, 2.45) is 0 Å². The lowest BCUT2D eigenvalue weighted by molar-refractivity contribution is 0.357. The zero-order chi connectivity index (χ0) is 11.1. The first-order valence-corrected chi connectivity index (χ1v) is 6.26. The fourth-order valence-electron chi connectivity index (χ4n) is 1.56. The van der Waals surface area contributed by atoms with E-state index in [0.29, 0.717) is 11.5 Å². The lowest BCUT2D eigenvalue weighted by Crippen LogP contribution is -1.99. The van der Waals surface area contributed by atoms with Crippen LogP contribution in [0.5, 0.6) is 23.0 Å². The Labute approximate surface area is 109 Å². The minimum atomic E-state index is 0.708. The molecule has 0 aliphatic carbocycles. The van der Waals surface area contributed by atoms with Crippen LogP contribution in [0.1, 0.15) is 0 Å². The zero-order valence-corrected chi connectivity index (χ0v) is 11.2. The summed E-state index contributed by atoms with van der Waals surface area (Å²) in [6.45, 7) is 0. The molecule has 0 fully saturated rings. The van der Waals surface area contributed by atoms with E-state index in [2.05, 4.69) is 31.9 Å². The average molecular weight is 342 g/mol. The van der Waals surface area contributed by atoms with Gasteiger partial charge in [-0.1, -0.05) is 28.1 Å². The molecule has 0 spiro atoms. The first-order chi connectivity index (χ1) is 7.74. The van der Waals surface area contributed by atoms with E-state index >= 15 is 0 Å². The third-order valence-electron chi connectivity index (χ3n) is 2.26. The number of hydrogen-bond donors (Lipinski definition) is 0. The van der Waals surface area contributed by atoms with E-state index in [1.54, 1.807) is 0 Å². The largest absolute Gasteiger partial charge is 0.449 e. The van der Waals surface area contributed by atoms with E-state index in [4.69, 9.17) is 9.47 Å². The van der Waals surface area contributed by atoms with Gasteiger partial charge in [-0.2, -0.15) is 0 Å². The molecule has 0 bridgehead atoms. The molecule has 0 radical (unpaired) electrons. The summed E-state index contributed by atoms with van der Waals surface area (Å²) < 4.78 is 13.3. The molecular weight excluding hydrogens is 336 g/mol.